The fourth-order valence-electron chi connectivity index (χ4n) is 1.51. The van der Waals surface area contributed by atoms with Crippen molar-refractivity contribution in [3.63, 3.8) is 0 Å². The molecular formula is C7H16NO6P. The van der Waals surface area contributed by atoms with Gasteiger partial charge in [-0.05, 0) is 6.92 Å². The van der Waals surface area contributed by atoms with Gasteiger partial charge >= 0.3 is 7.75 Å². The average molecular weight is 241 g/mol. The van der Waals surface area contributed by atoms with E-state index >= 15 is 0 Å². The lowest BCUT2D eigenvalue weighted by atomic mass is 10.1. The predicted molar refractivity (Wildman–Crippen MR) is 51.2 cm³/mol. The Balaban J connectivity index is 2.70. The first-order chi connectivity index (χ1) is 6.91. The molecule has 1 heterocycles. The third-order valence-electron chi connectivity index (χ3n) is 2.38. The van der Waals surface area contributed by atoms with E-state index in [-0.39, 0.29) is 6.61 Å². The summed E-state index contributed by atoms with van der Waals surface area (Å²) in [5.41, 5.74) is 0. The first-order valence-corrected chi connectivity index (χ1v) is 6.09. The zero-order valence-corrected chi connectivity index (χ0v) is 9.42. The molecule has 1 saturated heterocycles. The van der Waals surface area contributed by atoms with E-state index in [1.807, 2.05) is 0 Å². The van der Waals surface area contributed by atoms with Gasteiger partial charge in [0.05, 0.1) is 31.0 Å². The molecule has 90 valence electrons. The second kappa shape index (κ2) is 4.88. The van der Waals surface area contributed by atoms with Gasteiger partial charge in [0.2, 0.25) is 0 Å². The van der Waals surface area contributed by atoms with Gasteiger partial charge in [-0.1, -0.05) is 0 Å². The lowest BCUT2D eigenvalue weighted by molar-refractivity contribution is -0.000553. The molecule has 1 aliphatic rings. The lowest BCUT2D eigenvalue weighted by Gasteiger charge is -2.22. The fraction of sp³-hybridized carbons (Fsp3) is 1.00. The highest BCUT2D eigenvalue weighted by Crippen LogP contribution is 2.38. The monoisotopic (exact) mass is 241 g/mol. The van der Waals surface area contributed by atoms with Crippen LogP contribution in [0.25, 0.3) is 0 Å². The van der Waals surface area contributed by atoms with Crippen LogP contribution in [0.2, 0.25) is 0 Å². The van der Waals surface area contributed by atoms with E-state index in [0.29, 0.717) is 0 Å². The Bertz CT molecular complexity index is 262. The second-order valence-electron chi connectivity index (χ2n) is 3.41. The van der Waals surface area contributed by atoms with E-state index in [0.717, 1.165) is 7.11 Å². The van der Waals surface area contributed by atoms with Crippen molar-refractivity contribution < 1.29 is 28.9 Å². The molecule has 15 heavy (non-hydrogen) atoms. The van der Waals surface area contributed by atoms with E-state index in [9.17, 15) is 14.6 Å². The maximum absolute atomic E-state index is 11.2. The summed E-state index contributed by atoms with van der Waals surface area (Å²) in [6.07, 6.45) is -2.18. The van der Waals surface area contributed by atoms with Crippen LogP contribution in [0.5, 0.6) is 0 Å². The minimum Gasteiger partial charge on any atom is -0.394 e. The van der Waals surface area contributed by atoms with Crippen molar-refractivity contribution in [3.8, 4) is 0 Å². The van der Waals surface area contributed by atoms with Gasteiger partial charge in [-0.2, -0.15) is 0 Å². The molecule has 1 fully saturated rings. The van der Waals surface area contributed by atoms with Gasteiger partial charge in [0.1, 0.15) is 0 Å². The van der Waals surface area contributed by atoms with Crippen molar-refractivity contribution in [2.24, 2.45) is 0 Å². The van der Waals surface area contributed by atoms with Crippen LogP contribution < -0.4 is 5.09 Å². The normalized spacial score (nSPS) is 40.3. The van der Waals surface area contributed by atoms with E-state index in [2.05, 4.69) is 9.61 Å². The molecule has 8 heteroatoms. The second-order valence-corrected chi connectivity index (χ2v) is 5.07. The zero-order valence-electron chi connectivity index (χ0n) is 8.53. The van der Waals surface area contributed by atoms with Crippen LogP contribution in [0.3, 0.4) is 0 Å². The Kier molecular flexibility index (Phi) is 4.25. The quantitative estimate of drug-likeness (QED) is 0.459. The third kappa shape index (κ3) is 2.98. The minimum atomic E-state index is -3.94. The Morgan fingerprint density at radius 2 is 2.20 bits per heavy atom. The van der Waals surface area contributed by atoms with E-state index in [1.54, 1.807) is 6.92 Å². The van der Waals surface area contributed by atoms with Gasteiger partial charge in [0.25, 0.3) is 0 Å². The number of aliphatic hydroxyl groups excluding tert-OH is 2. The van der Waals surface area contributed by atoms with Gasteiger partial charge in [-0.15, -0.1) is 0 Å². The highest BCUT2D eigenvalue weighted by atomic mass is 31.2. The van der Waals surface area contributed by atoms with Crippen LogP contribution in [-0.2, 0) is 13.8 Å². The summed E-state index contributed by atoms with van der Waals surface area (Å²) in [7, 11) is -2.86. The smallest absolute Gasteiger partial charge is 0.394 e. The molecule has 0 aromatic carbocycles. The van der Waals surface area contributed by atoms with Crippen molar-refractivity contribution in [1.82, 2.24) is 5.09 Å². The first-order valence-electron chi connectivity index (χ1n) is 4.52. The number of nitrogens with one attached hydrogen (secondary N) is 1. The number of ether oxygens (including phenoxy) is 1. The highest BCUT2D eigenvalue weighted by Gasteiger charge is 2.43. The largest absolute Gasteiger partial charge is 0.403 e. The number of hydrogen-bond acceptors (Lipinski definition) is 5. The van der Waals surface area contributed by atoms with Gasteiger partial charge < -0.3 is 24.4 Å². The third-order valence-corrected chi connectivity index (χ3v) is 3.50. The molecule has 0 aromatic heterocycles. The van der Waals surface area contributed by atoms with Crippen molar-refractivity contribution in [2.75, 3.05) is 13.7 Å². The molecule has 2 unspecified atom stereocenters. The molecule has 1 rings (SSSR count). The number of aliphatic hydroxyl groups is 2. The Hall–Kier alpha value is -0.0100. The Morgan fingerprint density at radius 1 is 1.60 bits per heavy atom. The van der Waals surface area contributed by atoms with Gasteiger partial charge in [0, 0.05) is 7.11 Å². The molecule has 0 amide bonds. The van der Waals surface area contributed by atoms with Crippen molar-refractivity contribution >= 4 is 7.75 Å². The van der Waals surface area contributed by atoms with Crippen LogP contribution in [0, 0.1) is 0 Å². The maximum atomic E-state index is 11.2. The molecule has 5 atom stereocenters. The van der Waals surface area contributed by atoms with E-state index in [4.69, 9.17) is 9.84 Å². The SMILES string of the molecule is COP(=O)(O)NC1[C@@H](CO)O[C@@H](C)[C@H]1O. The molecule has 0 radical (unpaired) electrons. The number of rotatable bonds is 4. The van der Waals surface area contributed by atoms with Gasteiger partial charge in [0.15, 0.2) is 0 Å². The van der Waals surface area contributed by atoms with E-state index < -0.39 is 32.1 Å². The van der Waals surface area contributed by atoms with Crippen molar-refractivity contribution in [1.29, 1.82) is 0 Å². The van der Waals surface area contributed by atoms with Crippen LogP contribution in [0.15, 0.2) is 0 Å². The summed E-state index contributed by atoms with van der Waals surface area (Å²) in [6.45, 7) is 1.27. The average Bonchev–Trinajstić information content (AvgIpc) is 2.45. The molecular weight excluding hydrogens is 225 g/mol. The summed E-state index contributed by atoms with van der Waals surface area (Å²) < 4.78 is 20.7. The summed E-state index contributed by atoms with van der Waals surface area (Å²) in [6, 6.07) is -0.819. The molecule has 7 nitrogen and oxygen atoms in total. The minimum absolute atomic E-state index is 0.344. The molecule has 4 N–H and O–H groups in total. The molecule has 0 spiro atoms. The molecule has 0 aromatic rings. The molecule has 1 aliphatic heterocycles. The zero-order chi connectivity index (χ0) is 11.6. The van der Waals surface area contributed by atoms with Crippen molar-refractivity contribution in [2.45, 2.75) is 31.3 Å². The van der Waals surface area contributed by atoms with Gasteiger partial charge in [-0.25, -0.2) is 9.65 Å². The summed E-state index contributed by atoms with van der Waals surface area (Å²) in [5.74, 6) is 0. The van der Waals surface area contributed by atoms with E-state index in [1.165, 1.54) is 0 Å². The fourth-order valence-corrected chi connectivity index (χ4v) is 2.31. The van der Waals surface area contributed by atoms with Crippen LogP contribution in [0.4, 0.5) is 0 Å². The van der Waals surface area contributed by atoms with Crippen LogP contribution in [0.1, 0.15) is 6.92 Å². The maximum Gasteiger partial charge on any atom is 0.403 e. The Morgan fingerprint density at radius 3 is 2.67 bits per heavy atom. The number of hydrogen-bond donors (Lipinski definition) is 4. The summed E-state index contributed by atoms with van der Waals surface area (Å²) in [4.78, 5) is 9.17. The highest BCUT2D eigenvalue weighted by molar-refractivity contribution is 7.50. The van der Waals surface area contributed by atoms with Crippen molar-refractivity contribution in [3.05, 3.63) is 0 Å². The summed E-state index contributed by atoms with van der Waals surface area (Å²) >= 11 is 0. The summed E-state index contributed by atoms with van der Waals surface area (Å²) in [5, 5.41) is 20.8. The molecule has 0 bridgehead atoms. The van der Waals surface area contributed by atoms with Crippen LogP contribution >= 0.6 is 7.75 Å². The molecule has 0 aliphatic carbocycles. The van der Waals surface area contributed by atoms with Gasteiger partial charge in [-0.3, -0.25) is 0 Å². The van der Waals surface area contributed by atoms with Crippen LogP contribution in [-0.4, -0.2) is 53.2 Å². The Labute approximate surface area is 87.6 Å². The lowest BCUT2D eigenvalue weighted by Crippen LogP contribution is -2.44. The molecule has 0 saturated carbocycles. The standard InChI is InChI=1S/C7H16NO6P/c1-4-7(10)6(5(3-9)14-4)8-15(11,12)13-2/h4-7,9-10H,3H2,1-2H3,(H2,8,11,12)/t4-,5+,6?,7+/m0/s1. The predicted octanol–water partition coefficient (Wildman–Crippen LogP) is -1.17. The topological polar surface area (TPSA) is 108 Å². The first kappa shape index (κ1) is 13.1.